The Morgan fingerprint density at radius 3 is 2.65 bits per heavy atom. The van der Waals surface area contributed by atoms with Gasteiger partial charge in [0.2, 0.25) is 0 Å². The van der Waals surface area contributed by atoms with Gasteiger partial charge in [-0.1, -0.05) is 29.3 Å². The molecule has 17 heavy (non-hydrogen) atoms. The minimum Gasteiger partial charge on any atom is -0.268 e. The van der Waals surface area contributed by atoms with Gasteiger partial charge >= 0.3 is 0 Å². The van der Waals surface area contributed by atoms with Gasteiger partial charge in [-0.3, -0.25) is 14.7 Å². The fourth-order valence-electron chi connectivity index (χ4n) is 1.31. The number of hydrogen-bond acceptors (Lipinski definition) is 3. The van der Waals surface area contributed by atoms with Crippen LogP contribution < -0.4 is 11.1 Å². The van der Waals surface area contributed by atoms with E-state index in [1.54, 1.807) is 12.1 Å². The lowest BCUT2D eigenvalue weighted by Crippen LogP contribution is -2.28. The molecular weight excluding hydrogens is 265 g/mol. The summed E-state index contributed by atoms with van der Waals surface area (Å²) >= 11 is 11.5. The first-order valence-corrected chi connectivity index (χ1v) is 5.43. The van der Waals surface area contributed by atoms with E-state index in [1.807, 2.05) is 0 Å². The van der Waals surface area contributed by atoms with E-state index >= 15 is 0 Å². The predicted molar refractivity (Wildman–Crippen MR) is 64.7 cm³/mol. The minimum atomic E-state index is -0.359. The van der Waals surface area contributed by atoms with Crippen LogP contribution in [0, 0.1) is 0 Å². The molecule has 0 amide bonds. The van der Waals surface area contributed by atoms with Gasteiger partial charge < -0.3 is 0 Å². The van der Waals surface area contributed by atoms with E-state index < -0.39 is 0 Å². The highest BCUT2D eigenvalue weighted by atomic mass is 35.5. The van der Waals surface area contributed by atoms with E-state index in [4.69, 9.17) is 23.2 Å². The van der Waals surface area contributed by atoms with Crippen LogP contribution in [-0.2, 0) is 6.54 Å². The quantitative estimate of drug-likeness (QED) is 0.837. The molecule has 7 heteroatoms. The smallest absolute Gasteiger partial charge is 0.265 e. The highest BCUT2D eigenvalue weighted by Crippen LogP contribution is 2.16. The normalized spacial score (nSPS) is 10.5. The maximum atomic E-state index is 11.5. The van der Waals surface area contributed by atoms with E-state index in [-0.39, 0.29) is 28.0 Å². The van der Waals surface area contributed by atoms with Crippen LogP contribution >= 0.6 is 23.2 Å². The van der Waals surface area contributed by atoms with Crippen LogP contribution in [0.5, 0.6) is 0 Å². The van der Waals surface area contributed by atoms with Crippen molar-refractivity contribution in [1.29, 1.82) is 0 Å². The summed E-state index contributed by atoms with van der Waals surface area (Å²) in [5.41, 5.74) is -0.0849. The van der Waals surface area contributed by atoms with E-state index in [9.17, 15) is 9.59 Å². The molecule has 0 aliphatic rings. The standard InChI is InChI=1S/C10H7Cl2N3O2/c11-7-2-1-6(10(12)13-7)5-15-9(17)4-3-8(16)14-15/h1-4H,5H2,(H,14,16). The van der Waals surface area contributed by atoms with Gasteiger partial charge in [0.25, 0.3) is 11.1 Å². The Kier molecular flexibility index (Phi) is 3.31. The van der Waals surface area contributed by atoms with Crippen molar-refractivity contribution in [2.24, 2.45) is 0 Å². The molecule has 0 unspecified atom stereocenters. The predicted octanol–water partition coefficient (Wildman–Crippen LogP) is 1.29. The lowest BCUT2D eigenvalue weighted by atomic mass is 10.3. The second-order valence-corrected chi connectivity index (χ2v) is 4.06. The zero-order chi connectivity index (χ0) is 12.4. The molecule has 2 rings (SSSR count). The summed E-state index contributed by atoms with van der Waals surface area (Å²) < 4.78 is 1.15. The molecule has 0 saturated heterocycles. The topological polar surface area (TPSA) is 67.8 Å². The molecular formula is C10H7Cl2N3O2. The average molecular weight is 272 g/mol. The van der Waals surface area contributed by atoms with Crippen LogP contribution in [0.15, 0.2) is 33.9 Å². The molecule has 0 aromatic carbocycles. The van der Waals surface area contributed by atoms with Gasteiger partial charge in [-0.05, 0) is 6.07 Å². The van der Waals surface area contributed by atoms with Crippen molar-refractivity contribution in [3.05, 3.63) is 60.8 Å². The molecule has 1 N–H and O–H groups in total. The lowest BCUT2D eigenvalue weighted by molar-refractivity contribution is 0.626. The number of aromatic nitrogens is 3. The van der Waals surface area contributed by atoms with E-state index in [0.29, 0.717) is 5.56 Å². The Bertz CT molecular complexity index is 663. The van der Waals surface area contributed by atoms with Crippen LogP contribution in [-0.4, -0.2) is 14.8 Å². The molecule has 2 aromatic rings. The van der Waals surface area contributed by atoms with E-state index in [2.05, 4.69) is 10.1 Å². The van der Waals surface area contributed by atoms with Crippen LogP contribution in [0.3, 0.4) is 0 Å². The Balaban J connectivity index is 2.41. The van der Waals surface area contributed by atoms with Crippen molar-refractivity contribution in [2.45, 2.75) is 6.54 Å². The third kappa shape index (κ3) is 2.75. The lowest BCUT2D eigenvalue weighted by Gasteiger charge is -2.06. The second kappa shape index (κ2) is 4.73. The SMILES string of the molecule is O=c1ccc(=O)n(Cc2ccc(Cl)nc2Cl)[nH]1. The number of pyridine rings is 1. The van der Waals surface area contributed by atoms with Gasteiger partial charge in [0.05, 0.1) is 6.54 Å². The highest BCUT2D eigenvalue weighted by molar-refractivity contribution is 6.32. The molecule has 0 spiro atoms. The minimum absolute atomic E-state index is 0.137. The zero-order valence-corrected chi connectivity index (χ0v) is 10.00. The molecule has 0 aliphatic heterocycles. The first-order chi connectivity index (χ1) is 8.06. The van der Waals surface area contributed by atoms with Gasteiger partial charge in [-0.25, -0.2) is 9.67 Å². The average Bonchev–Trinajstić information content (AvgIpc) is 2.27. The van der Waals surface area contributed by atoms with Crippen molar-refractivity contribution in [1.82, 2.24) is 14.8 Å². The summed E-state index contributed by atoms with van der Waals surface area (Å²) in [5.74, 6) is 0. The number of nitrogens with one attached hydrogen (secondary N) is 1. The zero-order valence-electron chi connectivity index (χ0n) is 8.48. The Morgan fingerprint density at radius 1 is 1.18 bits per heavy atom. The number of rotatable bonds is 2. The first-order valence-electron chi connectivity index (χ1n) is 4.67. The summed E-state index contributed by atoms with van der Waals surface area (Å²) in [6.45, 7) is 0.137. The van der Waals surface area contributed by atoms with Gasteiger partial charge in [0.1, 0.15) is 10.3 Å². The van der Waals surface area contributed by atoms with Crippen molar-refractivity contribution < 1.29 is 0 Å². The largest absolute Gasteiger partial charge is 0.268 e. The molecule has 0 bridgehead atoms. The van der Waals surface area contributed by atoms with Crippen molar-refractivity contribution in [2.75, 3.05) is 0 Å². The fourth-order valence-corrected chi connectivity index (χ4v) is 1.71. The summed E-state index contributed by atoms with van der Waals surface area (Å²) in [5, 5.41) is 2.87. The number of nitrogens with zero attached hydrogens (tertiary/aromatic N) is 2. The molecule has 0 fully saturated rings. The number of hydrogen-bond donors (Lipinski definition) is 1. The molecule has 5 nitrogen and oxygen atoms in total. The van der Waals surface area contributed by atoms with E-state index in [0.717, 1.165) is 4.68 Å². The number of H-pyrrole nitrogens is 1. The second-order valence-electron chi connectivity index (χ2n) is 3.32. The van der Waals surface area contributed by atoms with Gasteiger partial charge in [0.15, 0.2) is 0 Å². The van der Waals surface area contributed by atoms with Crippen molar-refractivity contribution in [3.8, 4) is 0 Å². The van der Waals surface area contributed by atoms with Crippen LogP contribution in [0.2, 0.25) is 10.3 Å². The molecule has 0 atom stereocenters. The third-order valence-electron chi connectivity index (χ3n) is 2.11. The van der Waals surface area contributed by atoms with Gasteiger partial charge in [0, 0.05) is 17.7 Å². The maximum absolute atomic E-state index is 11.5. The molecule has 88 valence electrons. The van der Waals surface area contributed by atoms with Crippen LogP contribution in [0.25, 0.3) is 0 Å². The van der Waals surface area contributed by atoms with E-state index in [1.165, 1.54) is 12.1 Å². The Labute approximate surface area is 106 Å². The number of aromatic amines is 1. The fraction of sp³-hybridized carbons (Fsp3) is 0.100. The Morgan fingerprint density at radius 2 is 1.94 bits per heavy atom. The molecule has 0 radical (unpaired) electrons. The summed E-state index contributed by atoms with van der Waals surface area (Å²) in [6, 6.07) is 5.57. The highest BCUT2D eigenvalue weighted by Gasteiger charge is 2.05. The van der Waals surface area contributed by atoms with Gasteiger partial charge in [-0.15, -0.1) is 0 Å². The summed E-state index contributed by atoms with van der Waals surface area (Å²) in [4.78, 5) is 26.4. The molecule has 0 saturated carbocycles. The Hall–Kier alpha value is -1.59. The molecule has 2 heterocycles. The molecule has 2 aromatic heterocycles. The van der Waals surface area contributed by atoms with Crippen molar-refractivity contribution in [3.63, 3.8) is 0 Å². The monoisotopic (exact) mass is 271 g/mol. The van der Waals surface area contributed by atoms with Crippen molar-refractivity contribution >= 4 is 23.2 Å². The number of halogens is 2. The summed E-state index contributed by atoms with van der Waals surface area (Å²) in [6.07, 6.45) is 0. The third-order valence-corrected chi connectivity index (χ3v) is 2.65. The molecule has 0 aliphatic carbocycles. The maximum Gasteiger partial charge on any atom is 0.265 e. The van der Waals surface area contributed by atoms with Crippen LogP contribution in [0.1, 0.15) is 5.56 Å². The summed E-state index contributed by atoms with van der Waals surface area (Å²) in [7, 11) is 0. The van der Waals surface area contributed by atoms with Crippen LogP contribution in [0.4, 0.5) is 0 Å². The first kappa shape index (κ1) is 11.9. The van der Waals surface area contributed by atoms with Gasteiger partial charge in [-0.2, -0.15) is 0 Å².